The lowest BCUT2D eigenvalue weighted by molar-refractivity contribution is 0.123. The number of hydrogen-bond acceptors (Lipinski definition) is 5. The summed E-state index contributed by atoms with van der Waals surface area (Å²) in [5.74, 6) is 0.889. The van der Waals surface area contributed by atoms with Gasteiger partial charge in [-0.2, -0.15) is 0 Å². The summed E-state index contributed by atoms with van der Waals surface area (Å²) in [6.45, 7) is 7.45. The van der Waals surface area contributed by atoms with Crippen LogP contribution in [0.15, 0.2) is 11.6 Å². The van der Waals surface area contributed by atoms with E-state index >= 15 is 0 Å². The van der Waals surface area contributed by atoms with E-state index in [0.717, 1.165) is 18.5 Å². The molecule has 24 heavy (non-hydrogen) atoms. The molecular formula is C18H31ClN4S. The number of halogens is 1. The van der Waals surface area contributed by atoms with E-state index in [-0.39, 0.29) is 12.4 Å². The highest BCUT2D eigenvalue weighted by atomic mass is 35.5. The number of nitrogens with one attached hydrogen (secondary N) is 1. The third kappa shape index (κ3) is 4.13. The van der Waals surface area contributed by atoms with Crippen LogP contribution >= 0.6 is 23.7 Å². The molecule has 2 aliphatic heterocycles. The molecule has 0 bridgehead atoms. The maximum atomic E-state index is 4.44. The number of nitrogens with zero attached hydrogens (tertiary/aromatic N) is 3. The molecule has 1 saturated carbocycles. The third-order valence-corrected chi connectivity index (χ3v) is 7.08. The Morgan fingerprint density at radius 3 is 2.92 bits per heavy atom. The molecule has 1 aliphatic carbocycles. The number of rotatable bonds is 5. The minimum absolute atomic E-state index is 0. The first-order chi connectivity index (χ1) is 11.3. The molecule has 1 N–H and O–H groups in total. The molecule has 1 aromatic rings. The van der Waals surface area contributed by atoms with E-state index in [1.54, 1.807) is 11.3 Å². The summed E-state index contributed by atoms with van der Waals surface area (Å²) in [7, 11) is 2.29. The minimum Gasteiger partial charge on any atom is -0.316 e. The van der Waals surface area contributed by atoms with Crippen molar-refractivity contribution >= 4 is 23.7 Å². The second kappa shape index (κ2) is 8.00. The Kier molecular flexibility index (Phi) is 6.20. The molecule has 136 valence electrons. The zero-order valence-corrected chi connectivity index (χ0v) is 16.4. The van der Waals surface area contributed by atoms with Gasteiger partial charge in [-0.25, -0.2) is 4.98 Å². The van der Waals surface area contributed by atoms with Crippen LogP contribution in [0, 0.1) is 11.3 Å². The van der Waals surface area contributed by atoms with Crippen LogP contribution in [-0.2, 0) is 6.54 Å². The molecule has 3 fully saturated rings. The molecule has 4 nitrogen and oxygen atoms in total. The summed E-state index contributed by atoms with van der Waals surface area (Å²) in [4.78, 5) is 9.73. The van der Waals surface area contributed by atoms with Gasteiger partial charge in [0.25, 0.3) is 0 Å². The van der Waals surface area contributed by atoms with Gasteiger partial charge in [-0.15, -0.1) is 23.7 Å². The smallest absolute Gasteiger partial charge is 0.107 e. The molecule has 3 heterocycles. The van der Waals surface area contributed by atoms with Crippen LogP contribution in [0.25, 0.3) is 0 Å². The predicted molar refractivity (Wildman–Crippen MR) is 103 cm³/mol. The molecule has 3 aliphatic rings. The Morgan fingerprint density at radius 2 is 2.25 bits per heavy atom. The van der Waals surface area contributed by atoms with E-state index in [0.29, 0.717) is 5.41 Å². The average molecular weight is 371 g/mol. The average Bonchev–Trinajstić information content (AvgIpc) is 3.02. The zero-order valence-electron chi connectivity index (χ0n) is 14.7. The summed E-state index contributed by atoms with van der Waals surface area (Å²) in [6.07, 6.45) is 8.93. The van der Waals surface area contributed by atoms with E-state index in [9.17, 15) is 0 Å². The van der Waals surface area contributed by atoms with Crippen LogP contribution in [0.3, 0.4) is 0 Å². The van der Waals surface area contributed by atoms with E-state index in [1.807, 2.05) is 6.20 Å². The van der Waals surface area contributed by atoms with Crippen molar-refractivity contribution < 1.29 is 0 Å². The van der Waals surface area contributed by atoms with Crippen molar-refractivity contribution in [2.24, 2.45) is 11.3 Å². The van der Waals surface area contributed by atoms with Gasteiger partial charge in [0.05, 0.1) is 6.54 Å². The number of likely N-dealkylation sites (tertiary alicyclic amines) is 1. The van der Waals surface area contributed by atoms with Gasteiger partial charge in [0, 0.05) is 24.2 Å². The van der Waals surface area contributed by atoms with Gasteiger partial charge in [0.1, 0.15) is 5.01 Å². The monoisotopic (exact) mass is 370 g/mol. The Hall–Kier alpha value is -0.200. The van der Waals surface area contributed by atoms with Gasteiger partial charge >= 0.3 is 0 Å². The lowest BCUT2D eigenvalue weighted by Crippen LogP contribution is -2.43. The highest BCUT2D eigenvalue weighted by molar-refractivity contribution is 7.09. The van der Waals surface area contributed by atoms with Crippen molar-refractivity contribution in [2.75, 3.05) is 39.8 Å². The largest absolute Gasteiger partial charge is 0.316 e. The zero-order chi connectivity index (χ0) is 15.7. The fourth-order valence-electron chi connectivity index (χ4n) is 4.77. The van der Waals surface area contributed by atoms with Crippen molar-refractivity contribution in [3.63, 3.8) is 0 Å². The third-order valence-electron chi connectivity index (χ3n) is 6.31. The van der Waals surface area contributed by atoms with Gasteiger partial charge in [-0.05, 0) is 76.7 Å². The van der Waals surface area contributed by atoms with Crippen LogP contribution in [0.5, 0.6) is 0 Å². The van der Waals surface area contributed by atoms with Crippen molar-refractivity contribution in [2.45, 2.75) is 44.7 Å². The van der Waals surface area contributed by atoms with Crippen molar-refractivity contribution in [3.8, 4) is 0 Å². The van der Waals surface area contributed by atoms with Gasteiger partial charge in [0.15, 0.2) is 0 Å². The number of thiazole rings is 1. The quantitative estimate of drug-likeness (QED) is 0.863. The van der Waals surface area contributed by atoms with E-state index in [4.69, 9.17) is 0 Å². The fourth-order valence-corrected chi connectivity index (χ4v) is 5.45. The second-order valence-corrected chi connectivity index (χ2v) is 8.92. The van der Waals surface area contributed by atoms with E-state index in [2.05, 4.69) is 32.5 Å². The Bertz CT molecular complexity index is 495. The molecule has 6 heteroatoms. The summed E-state index contributed by atoms with van der Waals surface area (Å²) in [5.41, 5.74) is 0.632. The summed E-state index contributed by atoms with van der Waals surface area (Å²) in [6, 6.07) is 0.796. The second-order valence-electron chi connectivity index (χ2n) is 7.94. The number of piperidine rings is 2. The molecule has 1 aromatic heterocycles. The normalized spacial score (nSPS) is 29.6. The highest BCUT2D eigenvalue weighted by Crippen LogP contribution is 2.56. The van der Waals surface area contributed by atoms with Gasteiger partial charge in [0.2, 0.25) is 0 Å². The Morgan fingerprint density at radius 1 is 1.42 bits per heavy atom. The maximum absolute atomic E-state index is 4.44. The molecule has 2 unspecified atom stereocenters. The Balaban J connectivity index is 0.00000169. The summed E-state index contributed by atoms with van der Waals surface area (Å²) < 4.78 is 0. The SMILES string of the molecule is CN(Cc1nccs1)C1CC12CCN(CC1CCCNC1)CC2.Cl. The molecule has 2 saturated heterocycles. The first kappa shape index (κ1) is 18.6. The predicted octanol–water partition coefficient (Wildman–Crippen LogP) is 2.85. The lowest BCUT2D eigenvalue weighted by atomic mass is 9.91. The van der Waals surface area contributed by atoms with Crippen LogP contribution in [0.2, 0.25) is 0 Å². The van der Waals surface area contributed by atoms with E-state index < -0.39 is 0 Å². The van der Waals surface area contributed by atoms with Gasteiger partial charge in [-0.1, -0.05) is 0 Å². The maximum Gasteiger partial charge on any atom is 0.107 e. The molecule has 4 rings (SSSR count). The lowest BCUT2D eigenvalue weighted by Gasteiger charge is -2.37. The topological polar surface area (TPSA) is 31.4 Å². The molecular weight excluding hydrogens is 340 g/mol. The van der Waals surface area contributed by atoms with E-state index in [1.165, 1.54) is 69.8 Å². The van der Waals surface area contributed by atoms with Crippen LogP contribution < -0.4 is 5.32 Å². The first-order valence-electron chi connectivity index (χ1n) is 9.27. The minimum atomic E-state index is 0. The summed E-state index contributed by atoms with van der Waals surface area (Å²) >= 11 is 1.78. The van der Waals surface area contributed by atoms with Crippen LogP contribution in [0.1, 0.15) is 37.1 Å². The number of aromatic nitrogens is 1. The van der Waals surface area contributed by atoms with Gasteiger partial charge in [-0.3, -0.25) is 4.90 Å². The standard InChI is InChI=1S/C18H30N4S.ClH/c1-21(14-17-20-7-10-23-17)16-11-18(16)4-8-22(9-5-18)13-15-3-2-6-19-12-15;/h7,10,15-16,19H,2-6,8-9,11-14H2,1H3;1H. The number of hydrogen-bond donors (Lipinski definition) is 1. The van der Waals surface area contributed by atoms with Crippen molar-refractivity contribution in [1.82, 2.24) is 20.1 Å². The molecule has 0 radical (unpaired) electrons. The van der Waals surface area contributed by atoms with Crippen LogP contribution in [-0.4, -0.2) is 60.6 Å². The summed E-state index contributed by atoms with van der Waals surface area (Å²) in [5, 5.41) is 6.91. The first-order valence-corrected chi connectivity index (χ1v) is 10.1. The molecule has 2 atom stereocenters. The van der Waals surface area contributed by atoms with Crippen molar-refractivity contribution in [3.05, 3.63) is 16.6 Å². The molecule has 1 spiro atoms. The molecule has 0 amide bonds. The molecule has 0 aromatic carbocycles. The van der Waals surface area contributed by atoms with Gasteiger partial charge < -0.3 is 10.2 Å². The Labute approximate surface area is 156 Å². The van der Waals surface area contributed by atoms with Crippen molar-refractivity contribution in [1.29, 1.82) is 0 Å². The highest BCUT2D eigenvalue weighted by Gasteiger charge is 2.56. The fraction of sp³-hybridized carbons (Fsp3) is 0.833. The van der Waals surface area contributed by atoms with Crippen LogP contribution in [0.4, 0.5) is 0 Å².